The number of nitrogens with one attached hydrogen (secondary N) is 1. The number of amides is 2. The molecule has 0 heterocycles. The Kier molecular flexibility index (Phi) is 5.79. The van der Waals surface area contributed by atoms with Crippen molar-refractivity contribution in [2.24, 2.45) is 5.73 Å². The molecule has 1 atom stereocenters. The number of hydrogen-bond donors (Lipinski definition) is 2. The number of carbonyl (C=O) groups is 2. The monoisotopic (exact) mass is 260 g/mol. The lowest BCUT2D eigenvalue weighted by molar-refractivity contribution is -0.124. The number of aryl methyl sites for hydroxylation is 1. The molecule has 0 aliphatic carbocycles. The molecule has 1 rings (SSSR count). The fraction of sp³-hybridized carbons (Fsp3) is 0.333. The van der Waals surface area contributed by atoms with Gasteiger partial charge in [-0.05, 0) is 32.3 Å². The average Bonchev–Trinajstić information content (AvgIpc) is 2.37. The van der Waals surface area contributed by atoms with Gasteiger partial charge in [0.25, 0.3) is 0 Å². The maximum absolute atomic E-state index is 11.6. The van der Waals surface area contributed by atoms with Gasteiger partial charge >= 0.3 is 0 Å². The summed E-state index contributed by atoms with van der Waals surface area (Å²) in [5, 5.41) is 2.52. The molecule has 1 aromatic rings. The van der Waals surface area contributed by atoms with E-state index in [0.717, 1.165) is 18.4 Å². The smallest absolute Gasteiger partial charge is 0.244 e. The first-order valence-corrected chi connectivity index (χ1v) is 6.30. The van der Waals surface area contributed by atoms with E-state index in [9.17, 15) is 9.59 Å². The van der Waals surface area contributed by atoms with Gasteiger partial charge in [-0.15, -0.1) is 0 Å². The van der Waals surface area contributed by atoms with Gasteiger partial charge in [0.15, 0.2) is 0 Å². The van der Waals surface area contributed by atoms with Crippen LogP contribution in [0, 0.1) is 0 Å². The van der Waals surface area contributed by atoms with Gasteiger partial charge in [-0.2, -0.15) is 0 Å². The molecule has 19 heavy (non-hydrogen) atoms. The summed E-state index contributed by atoms with van der Waals surface area (Å²) in [6, 6.07) is 9.44. The van der Waals surface area contributed by atoms with Crippen LogP contribution in [0.25, 0.3) is 0 Å². The minimum atomic E-state index is -0.648. The molecule has 0 aromatic heterocycles. The molecule has 0 bridgehead atoms. The SMILES string of the molecule is C/C(=C\C(=O)N[C@@H](C)C(N)=O)CCc1ccccc1. The second-order valence-corrected chi connectivity index (χ2v) is 4.61. The minimum Gasteiger partial charge on any atom is -0.368 e. The molecule has 102 valence electrons. The number of carbonyl (C=O) groups excluding carboxylic acids is 2. The van der Waals surface area contributed by atoms with Crippen LogP contribution in [0.15, 0.2) is 42.0 Å². The Bertz CT molecular complexity index is 466. The lowest BCUT2D eigenvalue weighted by atomic mass is 10.1. The van der Waals surface area contributed by atoms with Gasteiger partial charge in [-0.25, -0.2) is 0 Å². The minimum absolute atomic E-state index is 0.281. The van der Waals surface area contributed by atoms with Crippen LogP contribution in [0.2, 0.25) is 0 Å². The molecule has 0 radical (unpaired) electrons. The van der Waals surface area contributed by atoms with Crippen LogP contribution < -0.4 is 11.1 Å². The standard InChI is InChI=1S/C15H20N2O2/c1-11(8-9-13-6-4-3-5-7-13)10-14(18)17-12(2)15(16)19/h3-7,10,12H,8-9H2,1-2H3,(H2,16,19)(H,17,18)/b11-10+/t12-/m0/s1. The van der Waals surface area contributed by atoms with E-state index in [-0.39, 0.29) is 5.91 Å². The van der Waals surface area contributed by atoms with Crippen molar-refractivity contribution in [3.8, 4) is 0 Å². The Labute approximate surface area is 113 Å². The predicted octanol–water partition coefficient (Wildman–Crippen LogP) is 1.56. The van der Waals surface area contributed by atoms with E-state index in [2.05, 4.69) is 17.4 Å². The largest absolute Gasteiger partial charge is 0.368 e. The lowest BCUT2D eigenvalue weighted by Crippen LogP contribution is -2.41. The zero-order valence-electron chi connectivity index (χ0n) is 11.3. The first-order valence-electron chi connectivity index (χ1n) is 6.30. The first kappa shape index (κ1) is 15.0. The molecule has 2 amide bonds. The third kappa shape index (κ3) is 5.86. The van der Waals surface area contributed by atoms with Gasteiger partial charge in [0.05, 0.1) is 0 Å². The highest BCUT2D eigenvalue weighted by Gasteiger charge is 2.10. The number of benzene rings is 1. The van der Waals surface area contributed by atoms with Crippen molar-refractivity contribution in [2.45, 2.75) is 32.7 Å². The normalized spacial score (nSPS) is 12.8. The highest BCUT2D eigenvalue weighted by Crippen LogP contribution is 2.08. The molecular formula is C15H20N2O2. The molecule has 0 spiro atoms. The fourth-order valence-electron chi connectivity index (χ4n) is 1.61. The molecule has 0 saturated heterocycles. The van der Waals surface area contributed by atoms with E-state index in [1.807, 2.05) is 25.1 Å². The van der Waals surface area contributed by atoms with Crippen LogP contribution in [0.5, 0.6) is 0 Å². The average molecular weight is 260 g/mol. The Balaban J connectivity index is 2.44. The Morgan fingerprint density at radius 1 is 1.32 bits per heavy atom. The molecule has 4 heteroatoms. The van der Waals surface area contributed by atoms with Crippen molar-refractivity contribution >= 4 is 11.8 Å². The number of allylic oxidation sites excluding steroid dienone is 1. The second kappa shape index (κ2) is 7.36. The van der Waals surface area contributed by atoms with Crippen LogP contribution in [-0.2, 0) is 16.0 Å². The van der Waals surface area contributed by atoms with Crippen molar-refractivity contribution in [1.82, 2.24) is 5.32 Å². The number of rotatable bonds is 6. The van der Waals surface area contributed by atoms with Gasteiger partial charge in [0.1, 0.15) is 6.04 Å². The van der Waals surface area contributed by atoms with Gasteiger partial charge in [-0.3, -0.25) is 9.59 Å². The Morgan fingerprint density at radius 2 is 1.95 bits per heavy atom. The van der Waals surface area contributed by atoms with Crippen molar-refractivity contribution in [1.29, 1.82) is 0 Å². The van der Waals surface area contributed by atoms with E-state index in [0.29, 0.717) is 0 Å². The molecule has 3 N–H and O–H groups in total. The number of primary amides is 1. The van der Waals surface area contributed by atoms with Crippen molar-refractivity contribution in [2.75, 3.05) is 0 Å². The number of hydrogen-bond acceptors (Lipinski definition) is 2. The quantitative estimate of drug-likeness (QED) is 0.762. The molecule has 0 aliphatic heterocycles. The molecule has 4 nitrogen and oxygen atoms in total. The summed E-state index contributed by atoms with van der Waals surface area (Å²) < 4.78 is 0. The molecule has 1 aromatic carbocycles. The zero-order valence-corrected chi connectivity index (χ0v) is 11.3. The van der Waals surface area contributed by atoms with E-state index < -0.39 is 11.9 Å². The predicted molar refractivity (Wildman–Crippen MR) is 75.3 cm³/mol. The summed E-state index contributed by atoms with van der Waals surface area (Å²) in [5.41, 5.74) is 7.28. The lowest BCUT2D eigenvalue weighted by Gasteiger charge is -2.08. The molecule has 0 aliphatic rings. The topological polar surface area (TPSA) is 72.2 Å². The van der Waals surface area contributed by atoms with Crippen molar-refractivity contribution < 1.29 is 9.59 Å². The van der Waals surface area contributed by atoms with Crippen LogP contribution >= 0.6 is 0 Å². The van der Waals surface area contributed by atoms with Crippen molar-refractivity contribution in [3.63, 3.8) is 0 Å². The maximum atomic E-state index is 11.6. The highest BCUT2D eigenvalue weighted by atomic mass is 16.2. The van der Waals surface area contributed by atoms with Crippen LogP contribution in [-0.4, -0.2) is 17.9 Å². The summed E-state index contributed by atoms with van der Waals surface area (Å²) in [5.74, 6) is -0.819. The zero-order chi connectivity index (χ0) is 14.3. The molecule has 0 saturated carbocycles. The van der Waals surface area contributed by atoms with Gasteiger partial charge in [0.2, 0.25) is 11.8 Å². The van der Waals surface area contributed by atoms with E-state index in [4.69, 9.17) is 5.73 Å². The van der Waals surface area contributed by atoms with Gasteiger partial charge in [0, 0.05) is 6.08 Å². The van der Waals surface area contributed by atoms with Crippen LogP contribution in [0.1, 0.15) is 25.8 Å². The first-order chi connectivity index (χ1) is 8.99. The Hall–Kier alpha value is -2.10. The van der Waals surface area contributed by atoms with Crippen molar-refractivity contribution in [3.05, 3.63) is 47.5 Å². The summed E-state index contributed by atoms with van der Waals surface area (Å²) >= 11 is 0. The third-order valence-electron chi connectivity index (χ3n) is 2.81. The van der Waals surface area contributed by atoms with E-state index in [1.54, 1.807) is 6.92 Å². The Morgan fingerprint density at radius 3 is 2.53 bits per heavy atom. The molecule has 0 unspecified atom stereocenters. The number of nitrogens with two attached hydrogens (primary N) is 1. The molecular weight excluding hydrogens is 240 g/mol. The van der Waals surface area contributed by atoms with E-state index in [1.165, 1.54) is 11.6 Å². The highest BCUT2D eigenvalue weighted by molar-refractivity contribution is 5.92. The third-order valence-corrected chi connectivity index (χ3v) is 2.81. The maximum Gasteiger partial charge on any atom is 0.244 e. The summed E-state index contributed by atoms with van der Waals surface area (Å²) in [7, 11) is 0. The van der Waals surface area contributed by atoms with Crippen LogP contribution in [0.4, 0.5) is 0 Å². The van der Waals surface area contributed by atoms with E-state index >= 15 is 0 Å². The summed E-state index contributed by atoms with van der Waals surface area (Å²) in [6.45, 7) is 3.46. The molecule has 0 fully saturated rings. The second-order valence-electron chi connectivity index (χ2n) is 4.61. The van der Waals surface area contributed by atoms with Crippen LogP contribution in [0.3, 0.4) is 0 Å². The summed E-state index contributed by atoms with van der Waals surface area (Å²) in [4.78, 5) is 22.4. The fourth-order valence-corrected chi connectivity index (χ4v) is 1.61. The van der Waals surface area contributed by atoms with Gasteiger partial charge < -0.3 is 11.1 Å². The van der Waals surface area contributed by atoms with Gasteiger partial charge in [-0.1, -0.05) is 35.9 Å². The summed E-state index contributed by atoms with van der Waals surface area (Å²) in [6.07, 6.45) is 3.21.